The van der Waals surface area contributed by atoms with Crippen molar-refractivity contribution in [2.45, 2.75) is 38.3 Å². The number of hydrogen-bond acceptors (Lipinski definition) is 2. The van der Waals surface area contributed by atoms with E-state index in [0.717, 1.165) is 22.9 Å². The summed E-state index contributed by atoms with van der Waals surface area (Å²) in [6, 6.07) is 6.88. The van der Waals surface area contributed by atoms with Crippen molar-refractivity contribution < 1.29 is 0 Å². The Morgan fingerprint density at radius 3 is 2.80 bits per heavy atom. The molecule has 3 heteroatoms. The van der Waals surface area contributed by atoms with Gasteiger partial charge in [0, 0.05) is 12.6 Å². The van der Waals surface area contributed by atoms with E-state index in [1.54, 1.807) is 0 Å². The van der Waals surface area contributed by atoms with Gasteiger partial charge in [-0.25, -0.2) is 4.98 Å². The van der Waals surface area contributed by atoms with Gasteiger partial charge in [0.2, 0.25) is 0 Å². The highest BCUT2D eigenvalue weighted by molar-refractivity contribution is 9.10. The van der Waals surface area contributed by atoms with Gasteiger partial charge in [0.25, 0.3) is 0 Å². The number of rotatable bonds is 3. The number of hydrogen-bond donors (Lipinski definition) is 0. The lowest BCUT2D eigenvalue weighted by Crippen LogP contribution is -2.28. The predicted molar refractivity (Wildman–Crippen MR) is 65.7 cm³/mol. The summed E-state index contributed by atoms with van der Waals surface area (Å²) in [6.07, 6.45) is 5.48. The average Bonchev–Trinajstić information content (AvgIpc) is 2.70. The van der Waals surface area contributed by atoms with Crippen LogP contribution < -0.4 is 0 Å². The van der Waals surface area contributed by atoms with Gasteiger partial charge in [0.05, 0.1) is 5.69 Å². The molecule has 82 valence electrons. The van der Waals surface area contributed by atoms with Crippen LogP contribution >= 0.6 is 15.9 Å². The van der Waals surface area contributed by atoms with Gasteiger partial charge in [-0.2, -0.15) is 0 Å². The zero-order valence-electron chi connectivity index (χ0n) is 9.12. The molecular formula is C12H17BrN2. The van der Waals surface area contributed by atoms with E-state index < -0.39 is 0 Å². The van der Waals surface area contributed by atoms with Crippen molar-refractivity contribution >= 4 is 15.9 Å². The minimum atomic E-state index is 0.769. The molecular weight excluding hydrogens is 252 g/mol. The number of aromatic nitrogens is 1. The van der Waals surface area contributed by atoms with Crippen molar-refractivity contribution in [3.05, 3.63) is 28.5 Å². The summed E-state index contributed by atoms with van der Waals surface area (Å²) in [6.45, 7) is 0.962. The van der Waals surface area contributed by atoms with E-state index in [4.69, 9.17) is 0 Å². The highest BCUT2D eigenvalue weighted by Gasteiger charge is 2.19. The molecule has 1 saturated carbocycles. The Morgan fingerprint density at radius 2 is 2.13 bits per heavy atom. The van der Waals surface area contributed by atoms with Crippen LogP contribution in [0.3, 0.4) is 0 Å². The Balaban J connectivity index is 1.95. The standard InChI is InChI=1S/C12H17BrN2/c1-15(11-6-2-3-7-11)9-10-5-4-8-12(13)14-10/h4-5,8,11H,2-3,6-7,9H2,1H3. The molecule has 0 saturated heterocycles. The molecule has 1 aliphatic rings. The summed E-state index contributed by atoms with van der Waals surface area (Å²) in [5, 5.41) is 0. The number of halogens is 1. The first-order chi connectivity index (χ1) is 7.25. The third kappa shape index (κ3) is 3.02. The highest BCUT2D eigenvalue weighted by atomic mass is 79.9. The lowest BCUT2D eigenvalue weighted by molar-refractivity contribution is 0.234. The molecule has 0 radical (unpaired) electrons. The molecule has 0 amide bonds. The molecule has 15 heavy (non-hydrogen) atoms. The van der Waals surface area contributed by atoms with E-state index in [0.29, 0.717) is 0 Å². The monoisotopic (exact) mass is 268 g/mol. The topological polar surface area (TPSA) is 16.1 Å². The Bertz CT molecular complexity index is 321. The molecule has 0 spiro atoms. The summed E-state index contributed by atoms with van der Waals surface area (Å²) >= 11 is 3.41. The quantitative estimate of drug-likeness (QED) is 0.783. The molecule has 1 heterocycles. The Morgan fingerprint density at radius 1 is 1.40 bits per heavy atom. The second-order valence-corrected chi connectivity index (χ2v) is 5.12. The maximum Gasteiger partial charge on any atom is 0.106 e. The fourth-order valence-corrected chi connectivity index (χ4v) is 2.65. The molecule has 0 aromatic carbocycles. The SMILES string of the molecule is CN(Cc1cccc(Br)n1)C1CCCC1. The zero-order chi connectivity index (χ0) is 10.7. The first-order valence-corrected chi connectivity index (χ1v) is 6.36. The van der Waals surface area contributed by atoms with Crippen LogP contribution in [0.15, 0.2) is 22.8 Å². The van der Waals surface area contributed by atoms with Crippen molar-refractivity contribution in [2.75, 3.05) is 7.05 Å². The van der Waals surface area contributed by atoms with E-state index in [9.17, 15) is 0 Å². The van der Waals surface area contributed by atoms with Gasteiger partial charge < -0.3 is 0 Å². The van der Waals surface area contributed by atoms with Crippen LogP contribution in [0.25, 0.3) is 0 Å². The van der Waals surface area contributed by atoms with Crippen molar-refractivity contribution in [3.8, 4) is 0 Å². The van der Waals surface area contributed by atoms with Crippen LogP contribution in [-0.4, -0.2) is 23.0 Å². The van der Waals surface area contributed by atoms with Crippen LogP contribution in [0, 0.1) is 0 Å². The molecule has 2 rings (SSSR count). The van der Waals surface area contributed by atoms with Crippen LogP contribution in [0.4, 0.5) is 0 Å². The largest absolute Gasteiger partial charge is 0.298 e. The molecule has 1 aromatic rings. The fourth-order valence-electron chi connectivity index (χ4n) is 2.27. The lowest BCUT2D eigenvalue weighted by Gasteiger charge is -2.23. The third-order valence-corrected chi connectivity index (χ3v) is 3.57. The highest BCUT2D eigenvalue weighted by Crippen LogP contribution is 2.23. The normalized spacial score (nSPS) is 17.5. The maximum absolute atomic E-state index is 4.46. The van der Waals surface area contributed by atoms with Crippen LogP contribution in [0.5, 0.6) is 0 Å². The van der Waals surface area contributed by atoms with E-state index >= 15 is 0 Å². The minimum absolute atomic E-state index is 0.769. The van der Waals surface area contributed by atoms with E-state index in [1.807, 2.05) is 6.07 Å². The van der Waals surface area contributed by atoms with Gasteiger partial charge in [0.15, 0.2) is 0 Å². The summed E-state index contributed by atoms with van der Waals surface area (Å²) in [5.41, 5.74) is 1.15. The second kappa shape index (κ2) is 5.08. The van der Waals surface area contributed by atoms with Crippen molar-refractivity contribution in [1.29, 1.82) is 0 Å². The molecule has 0 unspecified atom stereocenters. The van der Waals surface area contributed by atoms with Gasteiger partial charge >= 0.3 is 0 Å². The first-order valence-electron chi connectivity index (χ1n) is 5.57. The Labute approximate surface area is 99.8 Å². The molecule has 0 atom stereocenters. The third-order valence-electron chi connectivity index (χ3n) is 3.13. The number of pyridine rings is 1. The molecule has 1 fully saturated rings. The van der Waals surface area contributed by atoms with Crippen LogP contribution in [-0.2, 0) is 6.54 Å². The summed E-state index contributed by atoms with van der Waals surface area (Å²) in [7, 11) is 2.21. The summed E-state index contributed by atoms with van der Waals surface area (Å²) < 4.78 is 0.930. The average molecular weight is 269 g/mol. The number of nitrogens with zero attached hydrogens (tertiary/aromatic N) is 2. The van der Waals surface area contributed by atoms with Gasteiger partial charge in [-0.1, -0.05) is 18.9 Å². The van der Waals surface area contributed by atoms with E-state index in [1.165, 1.54) is 25.7 Å². The van der Waals surface area contributed by atoms with E-state index in [2.05, 4.69) is 45.0 Å². The molecule has 1 aromatic heterocycles. The lowest BCUT2D eigenvalue weighted by atomic mass is 10.2. The zero-order valence-corrected chi connectivity index (χ0v) is 10.7. The van der Waals surface area contributed by atoms with Crippen LogP contribution in [0.2, 0.25) is 0 Å². The Hall–Kier alpha value is -0.410. The molecule has 0 bridgehead atoms. The second-order valence-electron chi connectivity index (χ2n) is 4.31. The predicted octanol–water partition coefficient (Wildman–Crippen LogP) is 3.22. The molecule has 0 aliphatic heterocycles. The fraction of sp³-hybridized carbons (Fsp3) is 0.583. The minimum Gasteiger partial charge on any atom is -0.298 e. The van der Waals surface area contributed by atoms with Crippen molar-refractivity contribution in [2.24, 2.45) is 0 Å². The molecule has 2 nitrogen and oxygen atoms in total. The van der Waals surface area contributed by atoms with Crippen LogP contribution in [0.1, 0.15) is 31.4 Å². The summed E-state index contributed by atoms with van der Waals surface area (Å²) in [4.78, 5) is 6.89. The summed E-state index contributed by atoms with van der Waals surface area (Å²) in [5.74, 6) is 0. The van der Waals surface area contributed by atoms with Crippen molar-refractivity contribution in [1.82, 2.24) is 9.88 Å². The van der Waals surface area contributed by atoms with E-state index in [-0.39, 0.29) is 0 Å². The molecule has 1 aliphatic carbocycles. The Kier molecular flexibility index (Phi) is 3.76. The van der Waals surface area contributed by atoms with Crippen molar-refractivity contribution in [3.63, 3.8) is 0 Å². The maximum atomic E-state index is 4.46. The van der Waals surface area contributed by atoms with Gasteiger partial charge in [-0.05, 0) is 48.0 Å². The molecule has 0 N–H and O–H groups in total. The smallest absolute Gasteiger partial charge is 0.106 e. The van der Waals surface area contributed by atoms with Gasteiger partial charge in [-0.15, -0.1) is 0 Å². The van der Waals surface area contributed by atoms with Gasteiger partial charge in [0.1, 0.15) is 4.60 Å². The first kappa shape index (κ1) is 11.1. The van der Waals surface area contributed by atoms with Gasteiger partial charge in [-0.3, -0.25) is 4.90 Å².